The average molecular weight is 284 g/mol. The maximum Gasteiger partial charge on any atom is 0.183 e. The minimum atomic E-state index is -0.221. The number of carbonyl (C=O) groups excluding carboxylic acids is 1. The molecule has 2 rings (SSSR count). The van der Waals surface area contributed by atoms with Crippen LogP contribution in [-0.4, -0.2) is 26.1 Å². The van der Waals surface area contributed by atoms with Gasteiger partial charge in [0.05, 0.1) is 5.56 Å². The van der Waals surface area contributed by atoms with E-state index in [-0.39, 0.29) is 17.1 Å². The summed E-state index contributed by atoms with van der Waals surface area (Å²) >= 11 is 7.28. The molecule has 1 aromatic carbocycles. The fraction of sp³-hybridized carbons (Fsp3) is 0.182. The number of aromatic hydroxyl groups is 1. The molecule has 0 saturated heterocycles. The summed E-state index contributed by atoms with van der Waals surface area (Å²) < 4.78 is 0. The van der Waals surface area contributed by atoms with Crippen LogP contribution in [0.3, 0.4) is 0 Å². The van der Waals surface area contributed by atoms with Gasteiger partial charge in [-0.25, -0.2) is 4.98 Å². The summed E-state index contributed by atoms with van der Waals surface area (Å²) in [5.41, 5.74) is 0.824. The lowest BCUT2D eigenvalue weighted by Crippen LogP contribution is -1.96. The fourth-order valence-electron chi connectivity index (χ4n) is 1.44. The molecule has 0 aliphatic carbocycles. The molecule has 0 atom stereocenters. The van der Waals surface area contributed by atoms with E-state index in [0.29, 0.717) is 21.5 Å². The van der Waals surface area contributed by atoms with E-state index in [4.69, 9.17) is 11.6 Å². The third-order valence-electron chi connectivity index (χ3n) is 2.29. The summed E-state index contributed by atoms with van der Waals surface area (Å²) in [6.07, 6.45) is 1.40. The standard InChI is InChI=1S/C11H10ClN3O2S/c1-6(16)9-3-8(12)2-7(10(9)17)4-18-11-13-5-14-15-11/h2-3,5,17H,4H2,1H3,(H,13,14,15). The van der Waals surface area contributed by atoms with Crippen LogP contribution in [0, 0.1) is 0 Å². The van der Waals surface area contributed by atoms with Gasteiger partial charge in [0.25, 0.3) is 0 Å². The number of aromatic nitrogens is 3. The second-order valence-corrected chi connectivity index (χ2v) is 5.00. The molecule has 0 aliphatic rings. The quantitative estimate of drug-likeness (QED) is 0.666. The molecule has 5 nitrogen and oxygen atoms in total. The van der Waals surface area contributed by atoms with Gasteiger partial charge in [-0.2, -0.15) is 5.10 Å². The number of carbonyl (C=O) groups is 1. The number of Topliss-reactive ketones (excluding diaryl/α,β-unsaturated/α-hetero) is 1. The predicted octanol–water partition coefficient (Wildman–Crippen LogP) is 2.66. The van der Waals surface area contributed by atoms with Gasteiger partial charge >= 0.3 is 0 Å². The number of hydrogen-bond donors (Lipinski definition) is 2. The monoisotopic (exact) mass is 283 g/mol. The molecule has 0 radical (unpaired) electrons. The van der Waals surface area contributed by atoms with Gasteiger partial charge < -0.3 is 5.11 Å². The highest BCUT2D eigenvalue weighted by Gasteiger charge is 2.13. The van der Waals surface area contributed by atoms with E-state index in [1.54, 1.807) is 6.07 Å². The van der Waals surface area contributed by atoms with Crippen LogP contribution in [0.4, 0.5) is 0 Å². The Morgan fingerprint density at radius 3 is 2.94 bits per heavy atom. The molecule has 2 N–H and O–H groups in total. The number of aromatic amines is 1. The van der Waals surface area contributed by atoms with Gasteiger partial charge in [-0.05, 0) is 19.1 Å². The largest absolute Gasteiger partial charge is 0.507 e. The van der Waals surface area contributed by atoms with Gasteiger partial charge in [0.1, 0.15) is 12.1 Å². The fourth-order valence-corrected chi connectivity index (χ4v) is 2.44. The first kappa shape index (κ1) is 12.9. The van der Waals surface area contributed by atoms with Gasteiger partial charge in [-0.1, -0.05) is 23.4 Å². The van der Waals surface area contributed by atoms with E-state index >= 15 is 0 Å². The van der Waals surface area contributed by atoms with Crippen LogP contribution < -0.4 is 0 Å². The van der Waals surface area contributed by atoms with Crippen molar-refractivity contribution in [3.8, 4) is 5.75 Å². The number of benzene rings is 1. The predicted molar refractivity (Wildman–Crippen MR) is 69.1 cm³/mol. The number of ketones is 1. The summed E-state index contributed by atoms with van der Waals surface area (Å²) in [4.78, 5) is 15.3. The highest BCUT2D eigenvalue weighted by molar-refractivity contribution is 7.98. The van der Waals surface area contributed by atoms with Crippen molar-refractivity contribution in [3.63, 3.8) is 0 Å². The average Bonchev–Trinajstić information content (AvgIpc) is 2.82. The molecular weight excluding hydrogens is 274 g/mol. The molecule has 7 heteroatoms. The Labute approximate surface area is 113 Å². The maximum atomic E-state index is 11.3. The summed E-state index contributed by atoms with van der Waals surface area (Å²) in [5, 5.41) is 17.5. The summed E-state index contributed by atoms with van der Waals surface area (Å²) in [6, 6.07) is 3.09. The Balaban J connectivity index is 2.24. The summed E-state index contributed by atoms with van der Waals surface area (Å²) in [6.45, 7) is 1.39. The molecule has 0 bridgehead atoms. The SMILES string of the molecule is CC(=O)c1cc(Cl)cc(CSc2ncn[nH]2)c1O. The number of rotatable bonds is 4. The number of halogens is 1. The number of H-pyrrole nitrogens is 1. The van der Waals surface area contributed by atoms with Gasteiger partial charge in [-0.15, -0.1) is 0 Å². The lowest BCUT2D eigenvalue weighted by atomic mass is 10.1. The van der Waals surface area contributed by atoms with Crippen molar-refractivity contribution >= 4 is 29.1 Å². The second-order valence-electron chi connectivity index (χ2n) is 3.60. The number of thioether (sulfide) groups is 1. The van der Waals surface area contributed by atoms with Gasteiger partial charge in [-0.3, -0.25) is 9.89 Å². The molecule has 2 aromatic rings. The molecule has 94 valence electrons. The highest BCUT2D eigenvalue weighted by atomic mass is 35.5. The molecule has 1 aromatic heterocycles. The summed E-state index contributed by atoms with van der Waals surface area (Å²) in [5.74, 6) is 0.196. The Hall–Kier alpha value is -1.53. The molecule has 0 fully saturated rings. The number of nitrogens with one attached hydrogen (secondary N) is 1. The molecule has 0 saturated carbocycles. The Bertz CT molecular complexity index is 572. The minimum Gasteiger partial charge on any atom is -0.507 e. The topological polar surface area (TPSA) is 78.9 Å². The normalized spacial score (nSPS) is 10.6. The lowest BCUT2D eigenvalue weighted by molar-refractivity contribution is 0.101. The van der Waals surface area contributed by atoms with Crippen molar-refractivity contribution in [2.75, 3.05) is 0 Å². The number of phenols is 1. The zero-order valence-corrected chi connectivity index (χ0v) is 11.0. The lowest BCUT2D eigenvalue weighted by Gasteiger charge is -2.08. The molecule has 0 spiro atoms. The Morgan fingerprint density at radius 2 is 2.33 bits per heavy atom. The first-order valence-electron chi connectivity index (χ1n) is 5.08. The van der Waals surface area contributed by atoms with Gasteiger partial charge in [0.2, 0.25) is 0 Å². The van der Waals surface area contributed by atoms with Crippen molar-refractivity contribution in [1.29, 1.82) is 0 Å². The molecular formula is C11H10ClN3O2S. The van der Waals surface area contributed by atoms with Crippen molar-refractivity contribution in [2.24, 2.45) is 0 Å². The van der Waals surface area contributed by atoms with E-state index in [1.165, 1.54) is 31.1 Å². The number of hydrogen-bond acceptors (Lipinski definition) is 5. The van der Waals surface area contributed by atoms with E-state index in [9.17, 15) is 9.90 Å². The van der Waals surface area contributed by atoms with Crippen LogP contribution in [0.2, 0.25) is 5.02 Å². The van der Waals surface area contributed by atoms with E-state index < -0.39 is 0 Å². The molecule has 1 heterocycles. The van der Waals surface area contributed by atoms with Crippen LogP contribution in [0.1, 0.15) is 22.8 Å². The first-order valence-corrected chi connectivity index (χ1v) is 6.44. The van der Waals surface area contributed by atoms with Crippen LogP contribution in [0.5, 0.6) is 5.75 Å². The first-order chi connectivity index (χ1) is 8.58. The highest BCUT2D eigenvalue weighted by Crippen LogP contribution is 2.31. The van der Waals surface area contributed by atoms with E-state index in [0.717, 1.165) is 0 Å². The minimum absolute atomic E-state index is 0.0288. The van der Waals surface area contributed by atoms with Gasteiger partial charge in [0, 0.05) is 16.3 Å². The van der Waals surface area contributed by atoms with Crippen molar-refractivity contribution < 1.29 is 9.90 Å². The van der Waals surface area contributed by atoms with Crippen LogP contribution in [0.15, 0.2) is 23.6 Å². The zero-order chi connectivity index (χ0) is 13.1. The summed E-state index contributed by atoms with van der Waals surface area (Å²) in [7, 11) is 0. The number of nitrogens with zero attached hydrogens (tertiary/aromatic N) is 2. The Morgan fingerprint density at radius 1 is 1.56 bits per heavy atom. The van der Waals surface area contributed by atoms with Crippen molar-refractivity contribution in [1.82, 2.24) is 15.2 Å². The van der Waals surface area contributed by atoms with E-state index in [2.05, 4.69) is 15.2 Å². The molecule has 0 aliphatic heterocycles. The molecule has 0 amide bonds. The Kier molecular flexibility index (Phi) is 3.88. The van der Waals surface area contributed by atoms with Crippen LogP contribution in [-0.2, 0) is 5.75 Å². The van der Waals surface area contributed by atoms with Crippen LogP contribution in [0.25, 0.3) is 0 Å². The smallest absolute Gasteiger partial charge is 0.183 e. The third-order valence-corrected chi connectivity index (χ3v) is 3.43. The van der Waals surface area contributed by atoms with Crippen molar-refractivity contribution in [2.45, 2.75) is 17.8 Å². The third kappa shape index (κ3) is 2.83. The van der Waals surface area contributed by atoms with E-state index in [1.807, 2.05) is 0 Å². The zero-order valence-electron chi connectivity index (χ0n) is 9.48. The van der Waals surface area contributed by atoms with Crippen molar-refractivity contribution in [3.05, 3.63) is 34.6 Å². The number of phenolic OH excluding ortho intramolecular Hbond substituents is 1. The second kappa shape index (κ2) is 5.41. The maximum absolute atomic E-state index is 11.3. The van der Waals surface area contributed by atoms with Gasteiger partial charge in [0.15, 0.2) is 10.9 Å². The molecule has 18 heavy (non-hydrogen) atoms. The van der Waals surface area contributed by atoms with Crippen LogP contribution >= 0.6 is 23.4 Å². The molecule has 0 unspecified atom stereocenters.